The third-order valence-corrected chi connectivity index (χ3v) is 6.24. The second kappa shape index (κ2) is 12.7. The van der Waals surface area contributed by atoms with Crippen LogP contribution in [-0.2, 0) is 16.1 Å². The van der Waals surface area contributed by atoms with Crippen LogP contribution in [0.5, 0.6) is 0 Å². The van der Waals surface area contributed by atoms with Gasteiger partial charge in [0.2, 0.25) is 11.8 Å². The molecule has 2 aromatic rings. The highest BCUT2D eigenvalue weighted by atomic mass is 35.5. The highest BCUT2D eigenvalue weighted by molar-refractivity contribution is 8.00. The fraction of sp³-hybridized carbons (Fsp3) is 0.417. The highest BCUT2D eigenvalue weighted by Gasteiger charge is 2.28. The number of hydrogen-bond acceptors (Lipinski definition) is 3. The molecule has 2 amide bonds. The molecular weight excluding hydrogens is 416 g/mol. The minimum absolute atomic E-state index is 0.0457. The Labute approximate surface area is 189 Å². The monoisotopic (exact) mass is 446 g/mol. The molecule has 0 saturated heterocycles. The van der Waals surface area contributed by atoms with Gasteiger partial charge in [0.1, 0.15) is 6.04 Å². The Morgan fingerprint density at radius 3 is 2.43 bits per heavy atom. The maximum Gasteiger partial charge on any atom is 0.242 e. The highest BCUT2D eigenvalue weighted by Crippen LogP contribution is 2.22. The van der Waals surface area contributed by atoms with Crippen LogP contribution in [0.15, 0.2) is 53.4 Å². The third-order valence-electron chi connectivity index (χ3n) is 4.99. The summed E-state index contributed by atoms with van der Waals surface area (Å²) < 4.78 is 0. The Balaban J connectivity index is 2.17. The van der Waals surface area contributed by atoms with Crippen LogP contribution >= 0.6 is 23.4 Å². The van der Waals surface area contributed by atoms with Gasteiger partial charge in [-0.15, -0.1) is 11.8 Å². The average molecular weight is 447 g/mol. The summed E-state index contributed by atoms with van der Waals surface area (Å²) in [5, 5.41) is 3.66. The van der Waals surface area contributed by atoms with E-state index in [1.165, 1.54) is 11.8 Å². The molecule has 0 aliphatic rings. The van der Waals surface area contributed by atoms with Crippen LogP contribution < -0.4 is 5.32 Å². The van der Waals surface area contributed by atoms with Crippen LogP contribution in [0, 0.1) is 6.92 Å². The topological polar surface area (TPSA) is 49.4 Å². The molecule has 0 aliphatic heterocycles. The van der Waals surface area contributed by atoms with Crippen molar-refractivity contribution in [1.29, 1.82) is 0 Å². The van der Waals surface area contributed by atoms with Crippen molar-refractivity contribution >= 4 is 35.2 Å². The number of nitrogens with zero attached hydrogens (tertiary/aromatic N) is 1. The molecule has 0 aromatic heterocycles. The van der Waals surface area contributed by atoms with Gasteiger partial charge in [0, 0.05) is 23.0 Å². The Kier molecular flexibility index (Phi) is 10.2. The number of thioether (sulfide) groups is 1. The summed E-state index contributed by atoms with van der Waals surface area (Å²) in [5.41, 5.74) is 2.17. The van der Waals surface area contributed by atoms with Crippen molar-refractivity contribution < 1.29 is 9.59 Å². The molecule has 0 bridgehead atoms. The molecule has 2 rings (SSSR count). The summed E-state index contributed by atoms with van der Waals surface area (Å²) >= 11 is 7.41. The lowest BCUT2D eigenvalue weighted by atomic mass is 10.1. The predicted octanol–water partition coefficient (Wildman–Crippen LogP) is 5.46. The zero-order valence-electron chi connectivity index (χ0n) is 18.0. The van der Waals surface area contributed by atoms with E-state index in [9.17, 15) is 9.59 Å². The number of carbonyl (C=O) groups excluding carboxylic acids is 2. The quantitative estimate of drug-likeness (QED) is 0.368. The summed E-state index contributed by atoms with van der Waals surface area (Å²) in [6, 6.07) is 14.9. The molecule has 0 spiro atoms. The van der Waals surface area contributed by atoms with Crippen LogP contribution in [-0.4, -0.2) is 35.1 Å². The number of carbonyl (C=O) groups is 2. The van der Waals surface area contributed by atoms with Crippen molar-refractivity contribution in [3.05, 3.63) is 64.7 Å². The largest absolute Gasteiger partial charge is 0.354 e. The number of unbranched alkanes of at least 4 members (excludes halogenated alkanes) is 1. The van der Waals surface area contributed by atoms with Crippen LogP contribution in [0.3, 0.4) is 0 Å². The van der Waals surface area contributed by atoms with Gasteiger partial charge < -0.3 is 10.2 Å². The number of nitrogens with one attached hydrogen (secondary N) is 1. The molecule has 0 aliphatic carbocycles. The molecule has 0 radical (unpaired) electrons. The SMILES string of the molecule is CCCCNC(=O)C(CC)N(Cc1ccccc1C)C(=O)CSc1ccc(Cl)cc1. The zero-order chi connectivity index (χ0) is 21.9. The van der Waals surface area contributed by atoms with E-state index in [4.69, 9.17) is 11.6 Å². The lowest BCUT2D eigenvalue weighted by Crippen LogP contribution is -2.49. The second-order valence-corrected chi connectivity index (χ2v) is 8.74. The number of benzene rings is 2. The first-order valence-electron chi connectivity index (χ1n) is 10.5. The Morgan fingerprint density at radius 2 is 1.80 bits per heavy atom. The Hall–Kier alpha value is -1.98. The van der Waals surface area contributed by atoms with E-state index in [2.05, 4.69) is 12.2 Å². The van der Waals surface area contributed by atoms with Crippen LogP contribution in [0.1, 0.15) is 44.2 Å². The average Bonchev–Trinajstić information content (AvgIpc) is 2.74. The second-order valence-electron chi connectivity index (χ2n) is 7.26. The first-order valence-corrected chi connectivity index (χ1v) is 11.8. The molecule has 2 aromatic carbocycles. The van der Waals surface area contributed by atoms with Gasteiger partial charge in [0.05, 0.1) is 5.75 Å². The molecule has 0 fully saturated rings. The minimum Gasteiger partial charge on any atom is -0.354 e. The number of rotatable bonds is 11. The third kappa shape index (κ3) is 7.37. The van der Waals surface area contributed by atoms with Gasteiger partial charge in [0.15, 0.2) is 0 Å². The van der Waals surface area contributed by atoms with E-state index in [1.54, 1.807) is 4.90 Å². The Morgan fingerprint density at radius 1 is 1.10 bits per heavy atom. The fourth-order valence-corrected chi connectivity index (χ4v) is 4.07. The molecule has 1 N–H and O–H groups in total. The normalized spacial score (nSPS) is 11.7. The van der Waals surface area contributed by atoms with E-state index in [-0.39, 0.29) is 17.6 Å². The van der Waals surface area contributed by atoms with Crippen molar-refractivity contribution in [2.45, 2.75) is 57.5 Å². The van der Waals surface area contributed by atoms with E-state index in [1.807, 2.05) is 62.4 Å². The molecule has 162 valence electrons. The summed E-state index contributed by atoms with van der Waals surface area (Å²) in [6.07, 6.45) is 2.52. The van der Waals surface area contributed by atoms with Crippen molar-refractivity contribution in [2.24, 2.45) is 0 Å². The van der Waals surface area contributed by atoms with Gasteiger partial charge in [-0.1, -0.05) is 56.1 Å². The van der Waals surface area contributed by atoms with Crippen molar-refractivity contribution in [1.82, 2.24) is 10.2 Å². The molecule has 6 heteroatoms. The number of aryl methyl sites for hydroxylation is 1. The smallest absolute Gasteiger partial charge is 0.242 e. The van der Waals surface area contributed by atoms with Crippen molar-refractivity contribution in [3.8, 4) is 0 Å². The molecular formula is C24H31ClN2O2S. The molecule has 1 unspecified atom stereocenters. The molecule has 30 heavy (non-hydrogen) atoms. The van der Waals surface area contributed by atoms with Gasteiger partial charge in [0.25, 0.3) is 0 Å². The van der Waals surface area contributed by atoms with Crippen LogP contribution in [0.4, 0.5) is 0 Å². The lowest BCUT2D eigenvalue weighted by molar-refractivity contribution is -0.139. The van der Waals surface area contributed by atoms with Crippen LogP contribution in [0.2, 0.25) is 5.02 Å². The van der Waals surface area contributed by atoms with Gasteiger partial charge in [-0.05, 0) is 55.2 Å². The number of amides is 2. The number of halogens is 1. The summed E-state index contributed by atoms with van der Waals surface area (Å²) in [4.78, 5) is 28.8. The van der Waals surface area contributed by atoms with Gasteiger partial charge >= 0.3 is 0 Å². The molecule has 0 heterocycles. The van der Waals surface area contributed by atoms with E-state index in [0.717, 1.165) is 28.9 Å². The summed E-state index contributed by atoms with van der Waals surface area (Å²) in [7, 11) is 0. The first kappa shape index (κ1) is 24.3. The first-order chi connectivity index (χ1) is 14.5. The maximum atomic E-state index is 13.2. The van der Waals surface area contributed by atoms with Gasteiger partial charge in [-0.2, -0.15) is 0 Å². The number of hydrogen-bond donors (Lipinski definition) is 1. The molecule has 1 atom stereocenters. The lowest BCUT2D eigenvalue weighted by Gasteiger charge is -2.31. The van der Waals surface area contributed by atoms with Gasteiger partial charge in [-0.25, -0.2) is 0 Å². The Bertz CT molecular complexity index is 826. The van der Waals surface area contributed by atoms with Crippen LogP contribution in [0.25, 0.3) is 0 Å². The van der Waals surface area contributed by atoms with Gasteiger partial charge in [-0.3, -0.25) is 9.59 Å². The van der Waals surface area contributed by atoms with E-state index in [0.29, 0.717) is 24.5 Å². The minimum atomic E-state index is -0.486. The van der Waals surface area contributed by atoms with E-state index < -0.39 is 6.04 Å². The van der Waals surface area contributed by atoms with Crippen molar-refractivity contribution in [3.63, 3.8) is 0 Å². The standard InChI is InChI=1S/C24H31ClN2O2S/c1-4-6-15-26-24(29)22(5-2)27(16-19-10-8-7-9-18(19)3)23(28)17-30-21-13-11-20(25)12-14-21/h7-14,22H,4-6,15-17H2,1-3H3,(H,26,29). The summed E-state index contributed by atoms with van der Waals surface area (Å²) in [5.74, 6) is 0.145. The van der Waals surface area contributed by atoms with Crippen molar-refractivity contribution in [2.75, 3.05) is 12.3 Å². The molecule has 0 saturated carbocycles. The maximum absolute atomic E-state index is 13.2. The molecule has 4 nitrogen and oxygen atoms in total. The fourth-order valence-electron chi connectivity index (χ4n) is 3.16. The summed E-state index contributed by atoms with van der Waals surface area (Å²) in [6.45, 7) is 7.13. The predicted molar refractivity (Wildman–Crippen MR) is 126 cm³/mol. The van der Waals surface area contributed by atoms with E-state index >= 15 is 0 Å². The zero-order valence-corrected chi connectivity index (χ0v) is 19.6.